The van der Waals surface area contributed by atoms with Gasteiger partial charge in [0, 0.05) is 51.9 Å². The summed E-state index contributed by atoms with van der Waals surface area (Å²) in [5.74, 6) is -0.130. The Morgan fingerprint density at radius 2 is 2.02 bits per heavy atom. The number of H-pyrrole nitrogens is 1. The number of amides is 2. The molecule has 0 bridgehead atoms. The molecule has 1 aromatic carbocycles. The molecule has 14 heteroatoms. The van der Waals surface area contributed by atoms with E-state index in [4.69, 9.17) is 26.1 Å². The van der Waals surface area contributed by atoms with E-state index in [1.807, 2.05) is 4.90 Å². The van der Waals surface area contributed by atoms with Gasteiger partial charge >= 0.3 is 6.01 Å². The first kappa shape index (κ1) is 27.6. The maximum absolute atomic E-state index is 14.6. The average molecular weight is 595 g/mol. The molecule has 2 amide bonds. The van der Waals surface area contributed by atoms with E-state index in [0.29, 0.717) is 60.3 Å². The van der Waals surface area contributed by atoms with E-state index >= 15 is 0 Å². The first-order chi connectivity index (χ1) is 20.3. The molecule has 42 heavy (non-hydrogen) atoms. The van der Waals surface area contributed by atoms with Gasteiger partial charge in [0.1, 0.15) is 28.8 Å². The van der Waals surface area contributed by atoms with Crippen LogP contribution < -0.4 is 14.4 Å². The van der Waals surface area contributed by atoms with Crippen molar-refractivity contribution in [2.75, 3.05) is 44.2 Å². The summed E-state index contributed by atoms with van der Waals surface area (Å²) in [6.45, 7) is 8.00. The molecule has 0 unspecified atom stereocenters. The number of carbonyl (C=O) groups excluding carboxylic acids is 2. The van der Waals surface area contributed by atoms with Gasteiger partial charge in [-0.3, -0.25) is 14.7 Å². The number of rotatable bonds is 7. The highest BCUT2D eigenvalue weighted by molar-refractivity contribution is 6.33. The number of benzene rings is 1. The standard InChI is InChI=1S/C28H28ClFN8O4/c1-3-22(40)36-9-11-37(12-10-36)26-18-6-7-31-27(42-25-19-14-32-35-21(19)13-20(30)23(25)29)24(18)33-28(34-26)41-15-17-5-4-8-38(17)16(2)39/h3,6-7,13-14,17H,1,4-5,8-12,15H2,2H3,(H,32,35)/t17-/m1/s1. The van der Waals surface area contributed by atoms with Crippen molar-refractivity contribution in [1.82, 2.24) is 34.9 Å². The zero-order valence-electron chi connectivity index (χ0n) is 22.8. The van der Waals surface area contributed by atoms with E-state index in [1.54, 1.807) is 29.0 Å². The second kappa shape index (κ2) is 11.4. The zero-order chi connectivity index (χ0) is 29.4. The summed E-state index contributed by atoms with van der Waals surface area (Å²) < 4.78 is 26.9. The van der Waals surface area contributed by atoms with E-state index in [9.17, 15) is 14.0 Å². The third-order valence-corrected chi connectivity index (χ3v) is 7.94. The number of pyridine rings is 1. The minimum atomic E-state index is -0.679. The van der Waals surface area contributed by atoms with Crippen LogP contribution in [0.3, 0.4) is 0 Å². The molecular formula is C28H28ClFN8O4. The van der Waals surface area contributed by atoms with Gasteiger partial charge in [0.25, 0.3) is 0 Å². The molecule has 0 aliphatic carbocycles. The van der Waals surface area contributed by atoms with Crippen molar-refractivity contribution in [1.29, 1.82) is 0 Å². The largest absolute Gasteiger partial charge is 0.461 e. The Kier molecular flexibility index (Phi) is 7.50. The number of aromatic nitrogens is 5. The summed E-state index contributed by atoms with van der Waals surface area (Å²) >= 11 is 6.32. The number of carbonyl (C=O) groups is 2. The van der Waals surface area contributed by atoms with Gasteiger partial charge in [-0.25, -0.2) is 9.37 Å². The van der Waals surface area contributed by atoms with Gasteiger partial charge in [-0.1, -0.05) is 18.2 Å². The highest BCUT2D eigenvalue weighted by atomic mass is 35.5. The van der Waals surface area contributed by atoms with Gasteiger partial charge in [-0.05, 0) is 25.0 Å². The summed E-state index contributed by atoms with van der Waals surface area (Å²) in [5, 5.41) is 7.57. The van der Waals surface area contributed by atoms with Crippen LogP contribution in [0.1, 0.15) is 19.8 Å². The van der Waals surface area contributed by atoms with Crippen LogP contribution in [-0.4, -0.2) is 92.1 Å². The average Bonchev–Trinajstić information content (AvgIpc) is 3.67. The Balaban J connectivity index is 1.39. The van der Waals surface area contributed by atoms with Crippen molar-refractivity contribution in [2.24, 2.45) is 0 Å². The van der Waals surface area contributed by atoms with Crippen LogP contribution in [0.5, 0.6) is 17.6 Å². The fraction of sp³-hybridized carbons (Fsp3) is 0.357. The second-order valence-corrected chi connectivity index (χ2v) is 10.5. The first-order valence-corrected chi connectivity index (χ1v) is 13.9. The zero-order valence-corrected chi connectivity index (χ0v) is 23.6. The van der Waals surface area contributed by atoms with Crippen molar-refractivity contribution in [3.05, 3.63) is 48.0 Å². The molecule has 5 heterocycles. The highest BCUT2D eigenvalue weighted by Gasteiger charge is 2.29. The number of nitrogens with zero attached hydrogens (tertiary/aromatic N) is 7. The van der Waals surface area contributed by atoms with E-state index in [-0.39, 0.29) is 47.1 Å². The minimum Gasteiger partial charge on any atom is -0.461 e. The number of aromatic amines is 1. The predicted molar refractivity (Wildman–Crippen MR) is 153 cm³/mol. The van der Waals surface area contributed by atoms with Gasteiger partial charge in [0.05, 0.1) is 28.5 Å². The monoisotopic (exact) mass is 594 g/mol. The number of fused-ring (bicyclic) bond motifs is 2. The Hall–Kier alpha value is -4.52. The molecular weight excluding hydrogens is 567 g/mol. The smallest absolute Gasteiger partial charge is 0.319 e. The maximum Gasteiger partial charge on any atom is 0.319 e. The first-order valence-electron chi connectivity index (χ1n) is 13.6. The molecule has 6 rings (SSSR count). The van der Waals surface area contributed by atoms with Crippen LogP contribution in [0, 0.1) is 5.82 Å². The lowest BCUT2D eigenvalue weighted by Gasteiger charge is -2.35. The normalized spacial score (nSPS) is 17.2. The molecule has 0 spiro atoms. The lowest BCUT2D eigenvalue weighted by molar-refractivity contribution is -0.130. The van der Waals surface area contributed by atoms with Gasteiger partial charge in [-0.2, -0.15) is 15.1 Å². The van der Waals surface area contributed by atoms with Crippen molar-refractivity contribution in [3.8, 4) is 17.6 Å². The molecule has 0 saturated carbocycles. The Morgan fingerprint density at radius 1 is 1.21 bits per heavy atom. The van der Waals surface area contributed by atoms with E-state index < -0.39 is 5.82 Å². The van der Waals surface area contributed by atoms with Crippen LogP contribution in [0.25, 0.3) is 21.8 Å². The number of anilines is 1. The Labute approximate surface area is 245 Å². The van der Waals surface area contributed by atoms with Crippen LogP contribution in [0.2, 0.25) is 5.02 Å². The summed E-state index contributed by atoms with van der Waals surface area (Å²) in [6, 6.07) is 2.99. The highest BCUT2D eigenvalue weighted by Crippen LogP contribution is 2.40. The number of likely N-dealkylation sites (tertiary alicyclic amines) is 1. The van der Waals surface area contributed by atoms with E-state index in [0.717, 1.165) is 12.8 Å². The molecule has 1 atom stereocenters. The number of halogens is 2. The summed E-state index contributed by atoms with van der Waals surface area (Å²) in [6.07, 6.45) is 6.05. The summed E-state index contributed by atoms with van der Waals surface area (Å²) in [7, 11) is 0. The SMILES string of the molecule is C=CC(=O)N1CCN(c2nc(OC[C@H]3CCCN3C(C)=O)nc3c(Oc4c(Cl)c(F)cc5[nH]ncc45)nccc23)CC1. The Morgan fingerprint density at radius 3 is 2.79 bits per heavy atom. The number of hydrogen-bond donors (Lipinski definition) is 1. The topological polar surface area (TPSA) is 130 Å². The number of hydrogen-bond acceptors (Lipinski definition) is 9. The summed E-state index contributed by atoms with van der Waals surface area (Å²) in [5.41, 5.74) is 0.735. The number of piperazine rings is 1. The third kappa shape index (κ3) is 5.15. The molecule has 12 nitrogen and oxygen atoms in total. The fourth-order valence-electron chi connectivity index (χ4n) is 5.44. The van der Waals surface area contributed by atoms with Crippen LogP contribution >= 0.6 is 11.6 Å². The molecule has 4 aromatic rings. The lowest BCUT2D eigenvalue weighted by Crippen LogP contribution is -2.48. The molecule has 2 aliphatic heterocycles. The van der Waals surface area contributed by atoms with Gasteiger partial charge in [0.2, 0.25) is 17.7 Å². The second-order valence-electron chi connectivity index (χ2n) is 10.1. The third-order valence-electron chi connectivity index (χ3n) is 7.58. The molecule has 218 valence electrons. The van der Waals surface area contributed by atoms with Crippen molar-refractivity contribution in [2.45, 2.75) is 25.8 Å². The molecule has 2 saturated heterocycles. The van der Waals surface area contributed by atoms with E-state index in [1.165, 1.54) is 18.3 Å². The summed E-state index contributed by atoms with van der Waals surface area (Å²) in [4.78, 5) is 43.6. The van der Waals surface area contributed by atoms with Crippen molar-refractivity contribution in [3.63, 3.8) is 0 Å². The van der Waals surface area contributed by atoms with Crippen molar-refractivity contribution < 1.29 is 23.5 Å². The molecule has 0 radical (unpaired) electrons. The predicted octanol–water partition coefficient (Wildman–Crippen LogP) is 3.71. The van der Waals surface area contributed by atoms with Crippen LogP contribution in [0.15, 0.2) is 37.2 Å². The molecule has 1 N–H and O–H groups in total. The quantitative estimate of drug-likeness (QED) is 0.318. The minimum absolute atomic E-state index is 0.00872. The molecule has 2 fully saturated rings. The lowest BCUT2D eigenvalue weighted by atomic mass is 10.2. The molecule has 2 aliphatic rings. The van der Waals surface area contributed by atoms with Gasteiger partial charge < -0.3 is 24.2 Å². The van der Waals surface area contributed by atoms with Crippen molar-refractivity contribution >= 4 is 51.0 Å². The number of ether oxygens (including phenoxy) is 2. The fourth-order valence-corrected chi connectivity index (χ4v) is 5.63. The molecule has 3 aromatic heterocycles. The van der Waals surface area contributed by atoms with Crippen LogP contribution in [0.4, 0.5) is 10.2 Å². The maximum atomic E-state index is 14.6. The van der Waals surface area contributed by atoms with Gasteiger partial charge in [-0.15, -0.1) is 0 Å². The number of nitrogens with one attached hydrogen (secondary N) is 1. The Bertz CT molecular complexity index is 1690. The van der Waals surface area contributed by atoms with E-state index in [2.05, 4.69) is 26.7 Å². The van der Waals surface area contributed by atoms with Crippen LogP contribution in [-0.2, 0) is 9.59 Å². The van der Waals surface area contributed by atoms with Gasteiger partial charge in [0.15, 0.2) is 5.75 Å².